The molecule has 0 amide bonds. The van der Waals surface area contributed by atoms with Crippen LogP contribution in [0.25, 0.3) is 22.6 Å². The summed E-state index contributed by atoms with van der Waals surface area (Å²) in [5, 5.41) is 0.864. The highest BCUT2D eigenvalue weighted by Crippen LogP contribution is 2.36. The first-order valence-electron chi connectivity index (χ1n) is 5.35. The highest BCUT2D eigenvalue weighted by atomic mass is 79.9. The molecule has 6 heteroatoms. The summed E-state index contributed by atoms with van der Waals surface area (Å²) in [6.07, 6.45) is 0. The van der Waals surface area contributed by atoms with E-state index >= 15 is 0 Å². The van der Waals surface area contributed by atoms with E-state index < -0.39 is 0 Å². The van der Waals surface area contributed by atoms with Crippen LogP contribution in [0.4, 0.5) is 5.69 Å². The molecule has 0 saturated heterocycles. The van der Waals surface area contributed by atoms with Crippen molar-refractivity contribution < 1.29 is 4.42 Å². The molecule has 0 spiro atoms. The lowest BCUT2D eigenvalue weighted by Gasteiger charge is -2.04. The zero-order chi connectivity index (χ0) is 13.6. The number of nitrogens with zero attached hydrogens (tertiary/aromatic N) is 1. The number of halogens is 3. The summed E-state index contributed by atoms with van der Waals surface area (Å²) in [6.45, 7) is 0. The van der Waals surface area contributed by atoms with E-state index in [1.54, 1.807) is 12.1 Å². The lowest BCUT2D eigenvalue weighted by atomic mass is 10.2. The summed E-state index contributed by atoms with van der Waals surface area (Å²) in [6, 6.07) is 8.85. The maximum absolute atomic E-state index is 6.01. The predicted octanol–water partition coefficient (Wildman–Crippen LogP) is 5.15. The van der Waals surface area contributed by atoms with Crippen molar-refractivity contribution in [3.05, 3.63) is 44.8 Å². The quantitative estimate of drug-likeness (QED) is 0.613. The minimum atomic E-state index is 0.380. The first kappa shape index (κ1) is 12.8. The first-order valence-corrected chi connectivity index (χ1v) is 6.90. The Morgan fingerprint density at radius 1 is 1.16 bits per heavy atom. The molecular weight excluding hydrogens is 351 g/mol. The van der Waals surface area contributed by atoms with Gasteiger partial charge < -0.3 is 10.2 Å². The van der Waals surface area contributed by atoms with E-state index in [9.17, 15) is 0 Å². The Labute approximate surface area is 127 Å². The third-order valence-corrected chi connectivity index (χ3v) is 3.70. The van der Waals surface area contributed by atoms with E-state index in [4.69, 9.17) is 33.4 Å². The molecule has 0 atom stereocenters. The van der Waals surface area contributed by atoms with Crippen LogP contribution < -0.4 is 5.73 Å². The van der Waals surface area contributed by atoms with Gasteiger partial charge in [0, 0.05) is 9.50 Å². The van der Waals surface area contributed by atoms with Crippen molar-refractivity contribution in [3.63, 3.8) is 0 Å². The van der Waals surface area contributed by atoms with Gasteiger partial charge in [-0.25, -0.2) is 4.98 Å². The molecule has 0 saturated carbocycles. The van der Waals surface area contributed by atoms with E-state index in [1.165, 1.54) is 0 Å². The molecule has 0 bridgehead atoms. The molecule has 3 rings (SSSR count). The second-order valence-electron chi connectivity index (χ2n) is 3.98. The number of aromatic nitrogens is 1. The summed E-state index contributed by atoms with van der Waals surface area (Å²) in [7, 11) is 0. The summed E-state index contributed by atoms with van der Waals surface area (Å²) in [5.74, 6) is 0.398. The van der Waals surface area contributed by atoms with Gasteiger partial charge in [-0.1, -0.05) is 39.1 Å². The molecule has 3 aromatic rings. The highest BCUT2D eigenvalue weighted by molar-refractivity contribution is 9.10. The fourth-order valence-electron chi connectivity index (χ4n) is 1.78. The van der Waals surface area contributed by atoms with Crippen LogP contribution >= 0.6 is 39.1 Å². The molecular formula is C13H7BrCl2N2O. The SMILES string of the molecule is Nc1c(Cl)cc(Cl)cc1-c1nc2cc(Br)ccc2o1. The smallest absolute Gasteiger partial charge is 0.229 e. The number of nitrogen functional groups attached to an aromatic ring is 1. The topological polar surface area (TPSA) is 52.0 Å². The maximum atomic E-state index is 6.01. The largest absolute Gasteiger partial charge is 0.436 e. The van der Waals surface area contributed by atoms with Gasteiger partial charge in [-0.3, -0.25) is 0 Å². The van der Waals surface area contributed by atoms with Crippen molar-refractivity contribution in [2.45, 2.75) is 0 Å². The lowest BCUT2D eigenvalue weighted by Crippen LogP contribution is -1.91. The molecule has 2 N–H and O–H groups in total. The Kier molecular flexibility index (Phi) is 3.17. The predicted molar refractivity (Wildman–Crippen MR) is 81.6 cm³/mol. The number of fused-ring (bicyclic) bond motifs is 1. The number of rotatable bonds is 1. The lowest BCUT2D eigenvalue weighted by molar-refractivity contribution is 0.620. The monoisotopic (exact) mass is 356 g/mol. The third kappa shape index (κ3) is 2.31. The van der Waals surface area contributed by atoms with Crippen molar-refractivity contribution in [2.75, 3.05) is 5.73 Å². The Hall–Kier alpha value is -1.23. The fraction of sp³-hybridized carbons (Fsp3) is 0. The first-order chi connectivity index (χ1) is 9.04. The molecule has 0 aliphatic heterocycles. The van der Waals surface area contributed by atoms with Crippen molar-refractivity contribution in [1.29, 1.82) is 0 Å². The van der Waals surface area contributed by atoms with E-state index in [0.29, 0.717) is 32.8 Å². The maximum Gasteiger partial charge on any atom is 0.229 e. The number of hydrogen-bond donors (Lipinski definition) is 1. The van der Waals surface area contributed by atoms with E-state index in [2.05, 4.69) is 20.9 Å². The van der Waals surface area contributed by atoms with Gasteiger partial charge in [-0.2, -0.15) is 0 Å². The molecule has 0 aliphatic rings. The van der Waals surface area contributed by atoms with Crippen LogP contribution in [0.1, 0.15) is 0 Å². The molecule has 0 fully saturated rings. The molecule has 0 radical (unpaired) electrons. The molecule has 1 aromatic heterocycles. The Morgan fingerprint density at radius 3 is 2.74 bits per heavy atom. The Bertz CT molecular complexity index is 786. The molecule has 3 nitrogen and oxygen atoms in total. The van der Waals surface area contributed by atoms with Gasteiger partial charge in [0.05, 0.1) is 16.3 Å². The van der Waals surface area contributed by atoms with Crippen LogP contribution in [0.5, 0.6) is 0 Å². The number of anilines is 1. The van der Waals surface area contributed by atoms with Crippen molar-refractivity contribution >= 4 is 55.9 Å². The standard InChI is InChI=1S/C13H7BrCl2N2O/c14-6-1-2-11-10(3-6)18-13(19-11)8-4-7(15)5-9(16)12(8)17/h1-5H,17H2. The normalized spacial score (nSPS) is 11.1. The van der Waals surface area contributed by atoms with Gasteiger partial charge in [0.2, 0.25) is 5.89 Å². The second kappa shape index (κ2) is 4.71. The summed E-state index contributed by atoms with van der Waals surface area (Å²) in [4.78, 5) is 4.39. The van der Waals surface area contributed by atoms with Gasteiger partial charge in [0.15, 0.2) is 5.58 Å². The average Bonchev–Trinajstić information content (AvgIpc) is 2.76. The van der Waals surface area contributed by atoms with Gasteiger partial charge >= 0.3 is 0 Å². The van der Waals surface area contributed by atoms with Crippen LogP contribution in [0.2, 0.25) is 10.0 Å². The molecule has 0 unspecified atom stereocenters. The number of oxazole rings is 1. The van der Waals surface area contributed by atoms with Gasteiger partial charge in [-0.05, 0) is 30.3 Å². The molecule has 2 aromatic carbocycles. The van der Waals surface area contributed by atoms with Gasteiger partial charge in [0.1, 0.15) is 5.52 Å². The van der Waals surface area contributed by atoms with Crippen LogP contribution in [0.3, 0.4) is 0 Å². The Balaban J connectivity index is 2.24. The summed E-state index contributed by atoms with van der Waals surface area (Å²) in [5.41, 5.74) is 8.33. The van der Waals surface area contributed by atoms with Crippen molar-refractivity contribution in [2.24, 2.45) is 0 Å². The minimum absolute atomic E-state index is 0.380. The minimum Gasteiger partial charge on any atom is -0.436 e. The van der Waals surface area contributed by atoms with Crippen LogP contribution in [-0.4, -0.2) is 4.98 Å². The van der Waals surface area contributed by atoms with Crippen molar-refractivity contribution in [3.8, 4) is 11.5 Å². The van der Waals surface area contributed by atoms with Crippen LogP contribution in [0.15, 0.2) is 39.2 Å². The summed E-state index contributed by atoms with van der Waals surface area (Å²) >= 11 is 15.4. The molecule has 19 heavy (non-hydrogen) atoms. The molecule has 0 aliphatic carbocycles. The third-order valence-electron chi connectivity index (χ3n) is 2.67. The van der Waals surface area contributed by atoms with E-state index in [-0.39, 0.29) is 0 Å². The molecule has 1 heterocycles. The van der Waals surface area contributed by atoms with Gasteiger partial charge in [0.25, 0.3) is 0 Å². The van der Waals surface area contributed by atoms with Crippen molar-refractivity contribution in [1.82, 2.24) is 4.98 Å². The van der Waals surface area contributed by atoms with Crippen LogP contribution in [0, 0.1) is 0 Å². The Morgan fingerprint density at radius 2 is 1.95 bits per heavy atom. The number of hydrogen-bond acceptors (Lipinski definition) is 3. The van der Waals surface area contributed by atoms with Gasteiger partial charge in [-0.15, -0.1) is 0 Å². The highest BCUT2D eigenvalue weighted by Gasteiger charge is 2.14. The average molecular weight is 358 g/mol. The fourth-order valence-corrected chi connectivity index (χ4v) is 2.62. The summed E-state index contributed by atoms with van der Waals surface area (Å²) < 4.78 is 6.60. The second-order valence-corrected chi connectivity index (χ2v) is 5.74. The molecule has 96 valence electrons. The van der Waals surface area contributed by atoms with E-state index in [1.807, 2.05) is 18.2 Å². The van der Waals surface area contributed by atoms with Crippen LogP contribution in [-0.2, 0) is 0 Å². The number of benzene rings is 2. The zero-order valence-electron chi connectivity index (χ0n) is 9.45. The number of nitrogens with two attached hydrogens (primary N) is 1. The zero-order valence-corrected chi connectivity index (χ0v) is 12.6. The van der Waals surface area contributed by atoms with E-state index in [0.717, 1.165) is 9.99 Å².